The molecule has 0 saturated heterocycles. The maximum Gasteiger partial charge on any atom is 0.310 e. The number of hydrogen-bond acceptors (Lipinski definition) is 3. The highest BCUT2D eigenvalue weighted by molar-refractivity contribution is 5.78. The van der Waals surface area contributed by atoms with Crippen LogP contribution in [0.25, 0.3) is 0 Å². The molecule has 1 rings (SSSR count). The highest BCUT2D eigenvalue weighted by atomic mass is 16.5. The van der Waals surface area contributed by atoms with E-state index in [0.29, 0.717) is 17.1 Å². The molecule has 4 heteroatoms. The molecule has 16 heavy (non-hydrogen) atoms. The second kappa shape index (κ2) is 4.88. The van der Waals surface area contributed by atoms with Crippen molar-refractivity contribution in [3.8, 4) is 11.5 Å². The average Bonchev–Trinajstić information content (AvgIpc) is 2.27. The van der Waals surface area contributed by atoms with Crippen molar-refractivity contribution in [2.45, 2.75) is 19.8 Å². The molecule has 1 unspecified atom stereocenters. The Balaban J connectivity index is 3.41. The van der Waals surface area contributed by atoms with Gasteiger partial charge in [-0.1, -0.05) is 6.07 Å². The third-order valence-electron chi connectivity index (χ3n) is 2.58. The molecule has 0 aliphatic heterocycles. The predicted molar refractivity (Wildman–Crippen MR) is 60.3 cm³/mol. The van der Waals surface area contributed by atoms with Gasteiger partial charge in [0.1, 0.15) is 11.5 Å². The lowest BCUT2D eigenvalue weighted by molar-refractivity contribution is -0.138. The lowest BCUT2D eigenvalue weighted by Crippen LogP contribution is -2.11. The van der Waals surface area contributed by atoms with Gasteiger partial charge in [-0.05, 0) is 25.5 Å². The van der Waals surface area contributed by atoms with Gasteiger partial charge in [0.25, 0.3) is 0 Å². The fourth-order valence-corrected chi connectivity index (χ4v) is 1.67. The van der Waals surface area contributed by atoms with Crippen LogP contribution >= 0.6 is 0 Å². The molecule has 0 radical (unpaired) electrons. The normalized spacial score (nSPS) is 12.0. The van der Waals surface area contributed by atoms with Gasteiger partial charge in [-0.3, -0.25) is 4.79 Å². The van der Waals surface area contributed by atoms with Crippen LogP contribution in [0.2, 0.25) is 0 Å². The number of methoxy groups -OCH3 is 2. The van der Waals surface area contributed by atoms with E-state index >= 15 is 0 Å². The molecule has 0 amide bonds. The molecular formula is C12H16O4. The zero-order valence-electron chi connectivity index (χ0n) is 9.90. The van der Waals surface area contributed by atoms with Gasteiger partial charge >= 0.3 is 5.97 Å². The second-order valence-corrected chi connectivity index (χ2v) is 3.59. The summed E-state index contributed by atoms with van der Waals surface area (Å²) in [6, 6.07) is 3.60. The first-order valence-electron chi connectivity index (χ1n) is 4.97. The van der Waals surface area contributed by atoms with E-state index in [0.717, 1.165) is 5.56 Å². The first-order valence-corrected chi connectivity index (χ1v) is 4.97. The smallest absolute Gasteiger partial charge is 0.310 e. The lowest BCUT2D eigenvalue weighted by atomic mass is 9.96. The molecule has 0 aromatic heterocycles. The van der Waals surface area contributed by atoms with Crippen molar-refractivity contribution < 1.29 is 19.4 Å². The number of aliphatic carboxylic acids is 1. The monoisotopic (exact) mass is 224 g/mol. The van der Waals surface area contributed by atoms with E-state index in [4.69, 9.17) is 14.6 Å². The zero-order chi connectivity index (χ0) is 12.3. The van der Waals surface area contributed by atoms with Gasteiger partial charge < -0.3 is 14.6 Å². The summed E-state index contributed by atoms with van der Waals surface area (Å²) in [6.45, 7) is 3.48. The van der Waals surface area contributed by atoms with Crippen LogP contribution in [-0.2, 0) is 4.79 Å². The Morgan fingerprint density at radius 1 is 1.31 bits per heavy atom. The minimum atomic E-state index is -0.901. The third-order valence-corrected chi connectivity index (χ3v) is 2.58. The molecular weight excluding hydrogens is 208 g/mol. The van der Waals surface area contributed by atoms with E-state index in [1.54, 1.807) is 13.0 Å². The van der Waals surface area contributed by atoms with Crippen molar-refractivity contribution in [1.29, 1.82) is 0 Å². The average molecular weight is 224 g/mol. The standard InChI is InChI=1S/C12H16O4/c1-7-5-6-9(15-3)10(11(7)16-4)8(2)12(13)14/h5-6,8H,1-4H3,(H,13,14). The van der Waals surface area contributed by atoms with Crippen molar-refractivity contribution in [2.24, 2.45) is 0 Å². The molecule has 0 saturated carbocycles. The Morgan fingerprint density at radius 2 is 1.94 bits per heavy atom. The minimum absolute atomic E-state index is 0.539. The molecule has 0 heterocycles. The Hall–Kier alpha value is -1.71. The van der Waals surface area contributed by atoms with Gasteiger partial charge in [0.2, 0.25) is 0 Å². The number of ether oxygens (including phenoxy) is 2. The SMILES string of the molecule is COc1ccc(C)c(OC)c1C(C)C(=O)O. The molecule has 1 aromatic rings. The fraction of sp³-hybridized carbons (Fsp3) is 0.417. The number of carboxylic acid groups (broad SMARTS) is 1. The van der Waals surface area contributed by atoms with Crippen LogP contribution in [-0.4, -0.2) is 25.3 Å². The quantitative estimate of drug-likeness (QED) is 0.851. The first-order chi connectivity index (χ1) is 7.52. The van der Waals surface area contributed by atoms with Crippen LogP contribution in [0.1, 0.15) is 24.0 Å². The minimum Gasteiger partial charge on any atom is -0.496 e. The second-order valence-electron chi connectivity index (χ2n) is 3.59. The summed E-state index contributed by atoms with van der Waals surface area (Å²) in [5.41, 5.74) is 1.48. The summed E-state index contributed by atoms with van der Waals surface area (Å²) in [6.07, 6.45) is 0. The Morgan fingerprint density at radius 3 is 2.38 bits per heavy atom. The van der Waals surface area contributed by atoms with E-state index in [1.165, 1.54) is 14.2 Å². The lowest BCUT2D eigenvalue weighted by Gasteiger charge is -2.17. The number of carboxylic acids is 1. The van der Waals surface area contributed by atoms with Crippen molar-refractivity contribution in [1.82, 2.24) is 0 Å². The summed E-state index contributed by atoms with van der Waals surface area (Å²) in [5, 5.41) is 9.06. The molecule has 1 N–H and O–H groups in total. The molecule has 0 spiro atoms. The number of rotatable bonds is 4. The molecule has 1 aromatic carbocycles. The van der Waals surface area contributed by atoms with Gasteiger partial charge in [0, 0.05) is 0 Å². The van der Waals surface area contributed by atoms with E-state index in [-0.39, 0.29) is 0 Å². The molecule has 88 valence electrons. The van der Waals surface area contributed by atoms with Crippen molar-refractivity contribution in [3.05, 3.63) is 23.3 Å². The predicted octanol–water partition coefficient (Wildman–Crippen LogP) is 2.20. The summed E-state index contributed by atoms with van der Waals surface area (Å²) in [4.78, 5) is 11.0. The number of aryl methyl sites for hydroxylation is 1. The highest BCUT2D eigenvalue weighted by Crippen LogP contribution is 2.37. The molecule has 0 aliphatic carbocycles. The Bertz CT molecular complexity index is 398. The summed E-state index contributed by atoms with van der Waals surface area (Å²) >= 11 is 0. The van der Waals surface area contributed by atoms with Gasteiger partial charge in [0.05, 0.1) is 25.7 Å². The molecule has 0 aliphatic rings. The van der Waals surface area contributed by atoms with Crippen LogP contribution in [0.4, 0.5) is 0 Å². The number of hydrogen-bond donors (Lipinski definition) is 1. The summed E-state index contributed by atoms with van der Waals surface area (Å²) in [7, 11) is 3.04. The largest absolute Gasteiger partial charge is 0.496 e. The van der Waals surface area contributed by atoms with Gasteiger partial charge in [-0.2, -0.15) is 0 Å². The summed E-state index contributed by atoms with van der Waals surface area (Å²) < 4.78 is 10.4. The van der Waals surface area contributed by atoms with Crippen LogP contribution < -0.4 is 9.47 Å². The van der Waals surface area contributed by atoms with Crippen molar-refractivity contribution >= 4 is 5.97 Å². The van der Waals surface area contributed by atoms with Gasteiger partial charge in [-0.25, -0.2) is 0 Å². The van der Waals surface area contributed by atoms with Gasteiger partial charge in [-0.15, -0.1) is 0 Å². The van der Waals surface area contributed by atoms with Crippen LogP contribution in [0.5, 0.6) is 11.5 Å². The van der Waals surface area contributed by atoms with Crippen molar-refractivity contribution in [2.75, 3.05) is 14.2 Å². The maximum atomic E-state index is 11.0. The maximum absolute atomic E-state index is 11.0. The number of benzene rings is 1. The molecule has 4 nitrogen and oxygen atoms in total. The summed E-state index contributed by atoms with van der Waals surface area (Å²) in [5.74, 6) is -0.446. The van der Waals surface area contributed by atoms with E-state index < -0.39 is 11.9 Å². The van der Waals surface area contributed by atoms with Crippen LogP contribution in [0.15, 0.2) is 12.1 Å². The molecule has 0 fully saturated rings. The topological polar surface area (TPSA) is 55.8 Å². The fourth-order valence-electron chi connectivity index (χ4n) is 1.67. The third kappa shape index (κ3) is 2.10. The van der Waals surface area contributed by atoms with E-state index in [2.05, 4.69) is 0 Å². The molecule has 1 atom stereocenters. The first kappa shape index (κ1) is 12.4. The van der Waals surface area contributed by atoms with Crippen molar-refractivity contribution in [3.63, 3.8) is 0 Å². The molecule has 0 bridgehead atoms. The Labute approximate surface area is 94.8 Å². The van der Waals surface area contributed by atoms with E-state index in [9.17, 15) is 4.79 Å². The van der Waals surface area contributed by atoms with Crippen LogP contribution in [0, 0.1) is 6.92 Å². The van der Waals surface area contributed by atoms with Gasteiger partial charge in [0.15, 0.2) is 0 Å². The Kier molecular flexibility index (Phi) is 3.77. The zero-order valence-corrected chi connectivity index (χ0v) is 9.90. The van der Waals surface area contributed by atoms with E-state index in [1.807, 2.05) is 13.0 Å². The number of carbonyl (C=O) groups is 1. The van der Waals surface area contributed by atoms with Crippen LogP contribution in [0.3, 0.4) is 0 Å². The highest BCUT2D eigenvalue weighted by Gasteiger charge is 2.23.